The largest absolute Gasteiger partial charge is 0.493 e. The quantitative estimate of drug-likeness (QED) is 0.787. The Morgan fingerprint density at radius 1 is 1.08 bits per heavy atom. The van der Waals surface area contributed by atoms with Crippen LogP contribution in [0, 0.1) is 0 Å². The van der Waals surface area contributed by atoms with Gasteiger partial charge in [-0.2, -0.15) is 0 Å². The number of carbonyl (C=O) groups is 1. The van der Waals surface area contributed by atoms with Gasteiger partial charge in [0.05, 0.1) is 23.3 Å². The summed E-state index contributed by atoms with van der Waals surface area (Å²) in [6.45, 7) is 1.14. The number of nitrogens with zero attached hydrogens (tertiary/aromatic N) is 2. The Labute approximate surface area is 151 Å². The molecule has 1 saturated carbocycles. The van der Waals surface area contributed by atoms with Crippen molar-refractivity contribution >= 4 is 16.9 Å². The third kappa shape index (κ3) is 2.69. The predicted molar refractivity (Wildman–Crippen MR) is 98.3 cm³/mol. The van der Waals surface area contributed by atoms with E-state index in [-0.39, 0.29) is 5.91 Å². The van der Waals surface area contributed by atoms with Gasteiger partial charge >= 0.3 is 0 Å². The van der Waals surface area contributed by atoms with Gasteiger partial charge in [0.15, 0.2) is 5.69 Å². The maximum Gasteiger partial charge on any atom is 0.272 e. The normalized spacial score (nSPS) is 15.5. The molecule has 0 bridgehead atoms. The number of para-hydroxylation sites is 3. The molecule has 0 atom stereocenters. The molecule has 26 heavy (non-hydrogen) atoms. The summed E-state index contributed by atoms with van der Waals surface area (Å²) in [5, 5.41) is 3.01. The molecular formula is C21H19N3O2. The van der Waals surface area contributed by atoms with Crippen LogP contribution in [0.15, 0.2) is 42.5 Å². The number of hydrogen-bond donors (Lipinski definition) is 1. The van der Waals surface area contributed by atoms with Crippen molar-refractivity contribution in [1.82, 2.24) is 15.3 Å². The number of ether oxygens (including phenoxy) is 1. The molecule has 5 nitrogen and oxygen atoms in total. The lowest BCUT2D eigenvalue weighted by atomic mass is 10.1. The highest BCUT2D eigenvalue weighted by Crippen LogP contribution is 2.40. The Balaban J connectivity index is 1.43. The molecule has 2 heterocycles. The van der Waals surface area contributed by atoms with Gasteiger partial charge in [0.2, 0.25) is 0 Å². The number of nitrogens with one attached hydrogen (secondary N) is 1. The van der Waals surface area contributed by atoms with E-state index in [4.69, 9.17) is 9.72 Å². The smallest absolute Gasteiger partial charge is 0.272 e. The zero-order chi connectivity index (χ0) is 17.5. The second kappa shape index (κ2) is 6.09. The van der Waals surface area contributed by atoms with E-state index in [2.05, 4.69) is 16.4 Å². The van der Waals surface area contributed by atoms with Crippen molar-refractivity contribution in [2.45, 2.75) is 31.7 Å². The first kappa shape index (κ1) is 15.3. The summed E-state index contributed by atoms with van der Waals surface area (Å²) in [7, 11) is 0. The summed E-state index contributed by atoms with van der Waals surface area (Å²) < 4.78 is 5.72. The van der Waals surface area contributed by atoms with Crippen LogP contribution in [0.2, 0.25) is 0 Å². The van der Waals surface area contributed by atoms with Crippen LogP contribution in [-0.4, -0.2) is 22.5 Å². The summed E-state index contributed by atoms with van der Waals surface area (Å²) in [5.41, 5.74) is 5.11. The van der Waals surface area contributed by atoms with Gasteiger partial charge in [0.1, 0.15) is 5.75 Å². The highest BCUT2D eigenvalue weighted by atomic mass is 16.5. The van der Waals surface area contributed by atoms with Crippen molar-refractivity contribution in [2.24, 2.45) is 0 Å². The molecule has 5 rings (SSSR count). The molecule has 2 aliphatic rings. The van der Waals surface area contributed by atoms with Crippen molar-refractivity contribution in [3.8, 4) is 5.75 Å². The number of benzene rings is 2. The molecule has 130 valence electrons. The molecule has 0 unspecified atom stereocenters. The number of carbonyl (C=O) groups excluding carboxylic acids is 1. The van der Waals surface area contributed by atoms with Gasteiger partial charge in [-0.1, -0.05) is 30.3 Å². The molecule has 1 N–H and O–H groups in total. The van der Waals surface area contributed by atoms with Crippen LogP contribution in [0.4, 0.5) is 0 Å². The van der Waals surface area contributed by atoms with E-state index in [1.807, 2.05) is 36.4 Å². The van der Waals surface area contributed by atoms with E-state index in [0.29, 0.717) is 24.8 Å². The van der Waals surface area contributed by atoms with Crippen LogP contribution in [0.3, 0.4) is 0 Å². The second-order valence-electron chi connectivity index (χ2n) is 6.91. The van der Waals surface area contributed by atoms with E-state index >= 15 is 0 Å². The standard InChI is InChI=1S/C21H19N3O2/c25-21(22-12-15-5-3-4-14-10-11-26-20(14)15)19-18(13-8-9-13)23-16-6-1-2-7-17(16)24-19/h1-7,13H,8-12H2,(H,22,25). The lowest BCUT2D eigenvalue weighted by Crippen LogP contribution is -2.26. The maximum atomic E-state index is 12.9. The fraction of sp³-hybridized carbons (Fsp3) is 0.286. The van der Waals surface area contributed by atoms with Gasteiger partial charge in [0, 0.05) is 24.4 Å². The molecular weight excluding hydrogens is 326 g/mol. The lowest BCUT2D eigenvalue weighted by molar-refractivity contribution is 0.0944. The molecule has 1 aliphatic heterocycles. The van der Waals surface area contributed by atoms with Crippen LogP contribution in [0.5, 0.6) is 5.75 Å². The van der Waals surface area contributed by atoms with Gasteiger partial charge in [-0.25, -0.2) is 9.97 Å². The first-order valence-electron chi connectivity index (χ1n) is 9.08. The lowest BCUT2D eigenvalue weighted by Gasteiger charge is -2.11. The number of hydrogen-bond acceptors (Lipinski definition) is 4. The zero-order valence-electron chi connectivity index (χ0n) is 14.4. The molecule has 1 amide bonds. The molecule has 2 aromatic carbocycles. The Morgan fingerprint density at radius 2 is 1.88 bits per heavy atom. The monoisotopic (exact) mass is 345 g/mol. The van der Waals surface area contributed by atoms with E-state index in [1.54, 1.807) is 0 Å². The van der Waals surface area contributed by atoms with Crippen LogP contribution >= 0.6 is 0 Å². The molecule has 0 radical (unpaired) electrons. The average Bonchev–Trinajstić information content (AvgIpc) is 3.41. The molecule has 0 spiro atoms. The van der Waals surface area contributed by atoms with Gasteiger partial charge < -0.3 is 10.1 Å². The number of amides is 1. The van der Waals surface area contributed by atoms with Crippen molar-refractivity contribution < 1.29 is 9.53 Å². The molecule has 1 aliphatic carbocycles. The molecule has 1 aromatic heterocycles. The molecule has 3 aromatic rings. The fourth-order valence-electron chi connectivity index (χ4n) is 3.50. The van der Waals surface area contributed by atoms with Gasteiger partial charge in [-0.3, -0.25) is 4.79 Å². The number of rotatable bonds is 4. The molecule has 5 heteroatoms. The summed E-state index contributed by atoms with van der Waals surface area (Å²) in [6.07, 6.45) is 3.08. The van der Waals surface area contributed by atoms with E-state index in [0.717, 1.165) is 47.3 Å². The van der Waals surface area contributed by atoms with Crippen LogP contribution in [0.1, 0.15) is 46.1 Å². The third-order valence-electron chi connectivity index (χ3n) is 5.01. The van der Waals surface area contributed by atoms with Gasteiger partial charge in [-0.05, 0) is 30.5 Å². The Morgan fingerprint density at radius 3 is 2.69 bits per heavy atom. The predicted octanol–water partition coefficient (Wildman–Crippen LogP) is 3.37. The summed E-state index contributed by atoms with van der Waals surface area (Å²) in [6, 6.07) is 13.8. The van der Waals surface area contributed by atoms with Crippen LogP contribution < -0.4 is 10.1 Å². The maximum absolute atomic E-state index is 12.9. The first-order valence-corrected chi connectivity index (χ1v) is 9.08. The minimum absolute atomic E-state index is 0.166. The highest BCUT2D eigenvalue weighted by molar-refractivity contribution is 5.95. The van der Waals surface area contributed by atoms with E-state index in [1.165, 1.54) is 5.56 Å². The number of fused-ring (bicyclic) bond motifs is 2. The van der Waals surface area contributed by atoms with Gasteiger partial charge in [0.25, 0.3) is 5.91 Å². The van der Waals surface area contributed by atoms with E-state index in [9.17, 15) is 4.79 Å². The highest BCUT2D eigenvalue weighted by Gasteiger charge is 2.31. The average molecular weight is 345 g/mol. The SMILES string of the molecule is O=C(NCc1cccc2c1OCC2)c1nc2ccccc2nc1C1CC1. The van der Waals surface area contributed by atoms with Crippen LogP contribution in [0.25, 0.3) is 11.0 Å². The molecule has 0 saturated heterocycles. The van der Waals surface area contributed by atoms with Crippen LogP contribution in [-0.2, 0) is 13.0 Å². The van der Waals surface area contributed by atoms with Crippen molar-refractivity contribution in [1.29, 1.82) is 0 Å². The number of aromatic nitrogens is 2. The zero-order valence-corrected chi connectivity index (χ0v) is 14.4. The second-order valence-corrected chi connectivity index (χ2v) is 6.91. The Kier molecular flexibility index (Phi) is 3.59. The summed E-state index contributed by atoms with van der Waals surface area (Å²) in [4.78, 5) is 22.2. The van der Waals surface area contributed by atoms with Crippen molar-refractivity contribution in [2.75, 3.05) is 6.61 Å². The van der Waals surface area contributed by atoms with Gasteiger partial charge in [-0.15, -0.1) is 0 Å². The summed E-state index contributed by atoms with van der Waals surface area (Å²) >= 11 is 0. The topological polar surface area (TPSA) is 64.1 Å². The Hall–Kier alpha value is -2.95. The summed E-state index contributed by atoms with van der Waals surface area (Å²) in [5.74, 6) is 1.11. The first-order chi connectivity index (χ1) is 12.8. The Bertz CT molecular complexity index is 1010. The minimum atomic E-state index is -0.166. The van der Waals surface area contributed by atoms with Crippen molar-refractivity contribution in [3.05, 3.63) is 65.0 Å². The fourth-order valence-corrected chi connectivity index (χ4v) is 3.50. The van der Waals surface area contributed by atoms with E-state index < -0.39 is 0 Å². The minimum Gasteiger partial charge on any atom is -0.493 e. The molecule has 1 fully saturated rings. The van der Waals surface area contributed by atoms with Crippen molar-refractivity contribution in [3.63, 3.8) is 0 Å². The third-order valence-corrected chi connectivity index (χ3v) is 5.01.